The van der Waals surface area contributed by atoms with Crippen LogP contribution in [0.1, 0.15) is 12.0 Å². The maximum atomic E-state index is 13.2. The molecule has 2 aromatic rings. The largest absolute Gasteiger partial charge is 0.391 e. The molecule has 0 unspecified atom stereocenters. The molecule has 2 aromatic carbocycles. The number of halogens is 1. The van der Waals surface area contributed by atoms with Crippen molar-refractivity contribution in [2.75, 3.05) is 18.4 Å². The lowest BCUT2D eigenvalue weighted by Gasteiger charge is -2.24. The molecule has 1 fully saturated rings. The molecule has 27 heavy (non-hydrogen) atoms. The van der Waals surface area contributed by atoms with Crippen molar-refractivity contribution in [3.63, 3.8) is 0 Å². The Labute approximate surface area is 157 Å². The maximum Gasteiger partial charge on any atom is 0.322 e. The quantitative estimate of drug-likeness (QED) is 0.753. The Morgan fingerprint density at radius 3 is 2.67 bits per heavy atom. The molecule has 3 rings (SSSR count). The van der Waals surface area contributed by atoms with Crippen LogP contribution in [-0.2, 0) is 11.2 Å². The van der Waals surface area contributed by atoms with Gasteiger partial charge in [-0.25, -0.2) is 9.18 Å². The van der Waals surface area contributed by atoms with Gasteiger partial charge in [0, 0.05) is 25.2 Å². The Morgan fingerprint density at radius 1 is 1.15 bits per heavy atom. The predicted octanol–water partition coefficient (Wildman–Crippen LogP) is 2.15. The number of likely N-dealkylation sites (tertiary alicyclic amines) is 1. The van der Waals surface area contributed by atoms with E-state index >= 15 is 0 Å². The molecule has 0 saturated carbocycles. The highest BCUT2D eigenvalue weighted by molar-refractivity contribution is 5.94. The molecule has 142 valence electrons. The van der Waals surface area contributed by atoms with Crippen LogP contribution in [0.25, 0.3) is 0 Å². The molecule has 1 saturated heterocycles. The first kappa shape index (κ1) is 18.8. The molecule has 0 radical (unpaired) electrons. The van der Waals surface area contributed by atoms with E-state index in [9.17, 15) is 19.1 Å². The molecule has 0 aromatic heterocycles. The number of carbonyl (C=O) groups is 2. The van der Waals surface area contributed by atoms with Crippen LogP contribution in [0.5, 0.6) is 0 Å². The number of carbonyl (C=O) groups excluding carboxylic acids is 2. The Hall–Kier alpha value is -2.93. The summed E-state index contributed by atoms with van der Waals surface area (Å²) in [5, 5.41) is 15.4. The Morgan fingerprint density at radius 2 is 1.93 bits per heavy atom. The summed E-state index contributed by atoms with van der Waals surface area (Å²) in [5.74, 6) is -0.646. The third-order valence-corrected chi connectivity index (χ3v) is 4.47. The molecule has 6 nitrogen and oxygen atoms in total. The smallest absolute Gasteiger partial charge is 0.322 e. The van der Waals surface area contributed by atoms with E-state index in [4.69, 9.17) is 0 Å². The highest BCUT2D eigenvalue weighted by Gasteiger charge is 2.38. The number of urea groups is 1. The third-order valence-electron chi connectivity index (χ3n) is 4.47. The summed E-state index contributed by atoms with van der Waals surface area (Å²) < 4.78 is 13.2. The van der Waals surface area contributed by atoms with Crippen LogP contribution in [0.15, 0.2) is 54.6 Å². The average molecular weight is 371 g/mol. The minimum atomic E-state index is -0.745. The summed E-state index contributed by atoms with van der Waals surface area (Å²) in [5.41, 5.74) is 1.40. The molecule has 0 bridgehead atoms. The number of para-hydroxylation sites is 1. The molecular formula is C20H22FN3O3. The lowest BCUT2D eigenvalue weighted by atomic mass is 10.1. The molecule has 7 heteroatoms. The van der Waals surface area contributed by atoms with E-state index in [0.717, 1.165) is 5.56 Å². The zero-order valence-corrected chi connectivity index (χ0v) is 14.8. The first-order chi connectivity index (χ1) is 13.0. The fraction of sp³-hybridized carbons (Fsp3) is 0.300. The van der Waals surface area contributed by atoms with Crippen LogP contribution in [0.4, 0.5) is 14.9 Å². The molecule has 0 aliphatic carbocycles. The van der Waals surface area contributed by atoms with Gasteiger partial charge < -0.3 is 20.6 Å². The van der Waals surface area contributed by atoms with Crippen LogP contribution in [0, 0.1) is 5.82 Å². The van der Waals surface area contributed by atoms with Crippen molar-refractivity contribution >= 4 is 17.6 Å². The van der Waals surface area contributed by atoms with Gasteiger partial charge in [0.05, 0.1) is 6.10 Å². The summed E-state index contributed by atoms with van der Waals surface area (Å²) in [7, 11) is 0. The number of anilines is 1. The van der Waals surface area contributed by atoms with Crippen molar-refractivity contribution in [2.24, 2.45) is 0 Å². The number of benzene rings is 2. The van der Waals surface area contributed by atoms with Crippen LogP contribution < -0.4 is 10.6 Å². The molecule has 1 aliphatic heterocycles. The van der Waals surface area contributed by atoms with Gasteiger partial charge in [-0.2, -0.15) is 0 Å². The van der Waals surface area contributed by atoms with Crippen molar-refractivity contribution in [1.29, 1.82) is 0 Å². The first-order valence-electron chi connectivity index (χ1n) is 8.86. The number of hydrogen-bond acceptors (Lipinski definition) is 3. The van der Waals surface area contributed by atoms with Crippen LogP contribution in [0.3, 0.4) is 0 Å². The van der Waals surface area contributed by atoms with Gasteiger partial charge in [-0.3, -0.25) is 4.79 Å². The number of nitrogens with zero attached hydrogens (tertiary/aromatic N) is 1. The van der Waals surface area contributed by atoms with Crippen molar-refractivity contribution in [2.45, 2.75) is 25.0 Å². The molecular weight excluding hydrogens is 349 g/mol. The average Bonchev–Trinajstić information content (AvgIpc) is 3.05. The van der Waals surface area contributed by atoms with Gasteiger partial charge in [0.25, 0.3) is 0 Å². The zero-order chi connectivity index (χ0) is 19.2. The van der Waals surface area contributed by atoms with E-state index < -0.39 is 18.2 Å². The van der Waals surface area contributed by atoms with Crippen LogP contribution >= 0.6 is 0 Å². The normalized spacial score (nSPS) is 19.0. The van der Waals surface area contributed by atoms with Crippen molar-refractivity contribution in [3.8, 4) is 0 Å². The van der Waals surface area contributed by atoms with Crippen molar-refractivity contribution in [3.05, 3.63) is 66.0 Å². The monoisotopic (exact) mass is 371 g/mol. The SMILES string of the molecule is O=C(NCCc1cccc(F)c1)[C@H]1C[C@H](O)CN1C(=O)Nc1ccccc1. The van der Waals surface area contributed by atoms with Gasteiger partial charge in [-0.15, -0.1) is 0 Å². The second-order valence-corrected chi connectivity index (χ2v) is 6.52. The minimum Gasteiger partial charge on any atom is -0.391 e. The van der Waals surface area contributed by atoms with Gasteiger partial charge in [0.2, 0.25) is 5.91 Å². The van der Waals surface area contributed by atoms with E-state index in [0.29, 0.717) is 18.7 Å². The van der Waals surface area contributed by atoms with E-state index in [1.54, 1.807) is 36.4 Å². The molecule has 3 amide bonds. The fourth-order valence-corrected chi connectivity index (χ4v) is 3.14. The second kappa shape index (κ2) is 8.64. The standard InChI is InChI=1S/C20H22FN3O3/c21-15-6-4-5-14(11-15)9-10-22-19(26)18-12-17(25)13-24(18)20(27)23-16-7-2-1-3-8-16/h1-8,11,17-18,25H,9-10,12-13H2,(H,22,26)(H,23,27)/t17-,18+/m0/s1. The van der Waals surface area contributed by atoms with Crippen LogP contribution in [0.2, 0.25) is 0 Å². The van der Waals surface area contributed by atoms with E-state index in [1.807, 2.05) is 6.07 Å². The summed E-state index contributed by atoms with van der Waals surface area (Å²) in [6.45, 7) is 0.420. The summed E-state index contributed by atoms with van der Waals surface area (Å²) in [6, 6.07) is 14.0. The Balaban J connectivity index is 1.56. The van der Waals surface area contributed by atoms with Gasteiger partial charge >= 0.3 is 6.03 Å². The number of nitrogens with one attached hydrogen (secondary N) is 2. The molecule has 0 spiro atoms. The molecule has 2 atom stereocenters. The summed E-state index contributed by atoms with van der Waals surface area (Å²) in [6.07, 6.45) is -0.0753. The number of aliphatic hydroxyl groups is 1. The van der Waals surface area contributed by atoms with E-state index in [2.05, 4.69) is 10.6 Å². The van der Waals surface area contributed by atoms with Crippen molar-refractivity contribution < 1.29 is 19.1 Å². The zero-order valence-electron chi connectivity index (χ0n) is 14.8. The third kappa shape index (κ3) is 5.04. The van der Waals surface area contributed by atoms with E-state index in [-0.39, 0.29) is 24.7 Å². The number of β-amino-alcohol motifs (C(OH)–C–C–N with tert-alkyl or cyclic N) is 1. The van der Waals surface area contributed by atoms with Gasteiger partial charge in [-0.1, -0.05) is 30.3 Å². The number of rotatable bonds is 5. The highest BCUT2D eigenvalue weighted by atomic mass is 19.1. The van der Waals surface area contributed by atoms with Gasteiger partial charge in [0.1, 0.15) is 11.9 Å². The molecule has 3 N–H and O–H groups in total. The van der Waals surface area contributed by atoms with Gasteiger partial charge in [0.15, 0.2) is 0 Å². The summed E-state index contributed by atoms with van der Waals surface area (Å²) >= 11 is 0. The minimum absolute atomic E-state index is 0.0979. The lowest BCUT2D eigenvalue weighted by Crippen LogP contribution is -2.47. The first-order valence-corrected chi connectivity index (χ1v) is 8.86. The second-order valence-electron chi connectivity index (χ2n) is 6.52. The Bertz CT molecular complexity index is 800. The number of hydrogen-bond donors (Lipinski definition) is 3. The van der Waals surface area contributed by atoms with Crippen molar-refractivity contribution in [1.82, 2.24) is 10.2 Å². The Kier molecular flexibility index (Phi) is 6.03. The number of amides is 3. The molecule has 1 aliphatic rings. The maximum absolute atomic E-state index is 13.2. The van der Waals surface area contributed by atoms with E-state index in [1.165, 1.54) is 17.0 Å². The fourth-order valence-electron chi connectivity index (χ4n) is 3.14. The lowest BCUT2D eigenvalue weighted by molar-refractivity contribution is -0.124. The number of aliphatic hydroxyl groups excluding tert-OH is 1. The van der Waals surface area contributed by atoms with Gasteiger partial charge in [-0.05, 0) is 36.2 Å². The van der Waals surface area contributed by atoms with Crippen LogP contribution in [-0.4, -0.2) is 47.2 Å². The topological polar surface area (TPSA) is 81.7 Å². The highest BCUT2D eigenvalue weighted by Crippen LogP contribution is 2.20. The predicted molar refractivity (Wildman–Crippen MR) is 99.7 cm³/mol. The molecule has 1 heterocycles. The summed E-state index contributed by atoms with van der Waals surface area (Å²) in [4.78, 5) is 26.3.